The first-order chi connectivity index (χ1) is 10.3. The smallest absolute Gasteiger partial charge is 0.113 e. The Morgan fingerprint density at radius 1 is 0.905 bits per heavy atom. The molecule has 5 nitrogen and oxygen atoms in total. The maximum absolute atomic E-state index is 4.39. The molecule has 0 amide bonds. The van der Waals surface area contributed by atoms with Gasteiger partial charge in [-0.05, 0) is 36.4 Å². The number of hydrogen-bond donors (Lipinski definition) is 0. The molecule has 0 saturated carbocycles. The summed E-state index contributed by atoms with van der Waals surface area (Å²) < 4.78 is 4.65. The van der Waals surface area contributed by atoms with Crippen molar-refractivity contribution < 1.29 is 0 Å². The molecule has 0 unspecified atom stereocenters. The Hall–Kier alpha value is -2.47. The first kappa shape index (κ1) is 12.3. The van der Waals surface area contributed by atoms with Gasteiger partial charge in [-0.25, -0.2) is 9.36 Å². The van der Waals surface area contributed by atoms with E-state index >= 15 is 0 Å². The van der Waals surface area contributed by atoms with E-state index in [2.05, 4.69) is 31.3 Å². The van der Waals surface area contributed by atoms with Crippen molar-refractivity contribution in [1.82, 2.24) is 24.8 Å². The molecule has 0 aliphatic heterocycles. The largest absolute Gasteiger partial charge is 0.239 e. The van der Waals surface area contributed by atoms with E-state index in [-0.39, 0.29) is 0 Å². The molecule has 102 valence electrons. The minimum atomic E-state index is 0.869. The van der Waals surface area contributed by atoms with Crippen LogP contribution in [-0.4, -0.2) is 24.8 Å². The molecule has 21 heavy (non-hydrogen) atoms. The molecule has 4 aromatic rings. The van der Waals surface area contributed by atoms with Crippen LogP contribution in [0.1, 0.15) is 0 Å². The predicted octanol–water partition coefficient (Wildman–Crippen LogP) is 3.37. The summed E-state index contributed by atoms with van der Waals surface area (Å²) in [4.78, 5) is 0. The molecular weight excluding hydrogens is 330 g/mol. The molecule has 0 N–H and O–H groups in total. The summed E-state index contributed by atoms with van der Waals surface area (Å²) in [5, 5.41) is 12.7. The van der Waals surface area contributed by atoms with Crippen molar-refractivity contribution >= 4 is 27.0 Å². The van der Waals surface area contributed by atoms with Gasteiger partial charge in [0.15, 0.2) is 0 Å². The molecule has 0 saturated heterocycles. The summed E-state index contributed by atoms with van der Waals surface area (Å²) in [5.74, 6) is 0. The molecular formula is C15H10BrN5. The fourth-order valence-corrected chi connectivity index (χ4v) is 2.48. The van der Waals surface area contributed by atoms with Crippen LogP contribution >= 0.6 is 15.9 Å². The van der Waals surface area contributed by atoms with Gasteiger partial charge in [0.05, 0.1) is 23.6 Å². The van der Waals surface area contributed by atoms with Crippen LogP contribution in [0.3, 0.4) is 0 Å². The van der Waals surface area contributed by atoms with Gasteiger partial charge in [-0.1, -0.05) is 33.3 Å². The molecule has 4 rings (SSSR count). The lowest BCUT2D eigenvalue weighted by Gasteiger charge is -2.00. The van der Waals surface area contributed by atoms with Gasteiger partial charge in [-0.2, -0.15) is 5.10 Å². The minimum Gasteiger partial charge on any atom is -0.239 e. The van der Waals surface area contributed by atoms with Crippen LogP contribution in [0.25, 0.3) is 22.4 Å². The third-order valence-corrected chi connectivity index (χ3v) is 3.79. The minimum absolute atomic E-state index is 0.869. The molecule has 2 heterocycles. The van der Waals surface area contributed by atoms with Crippen molar-refractivity contribution in [3.05, 3.63) is 65.4 Å². The Morgan fingerprint density at radius 3 is 2.57 bits per heavy atom. The van der Waals surface area contributed by atoms with Crippen molar-refractivity contribution in [2.75, 3.05) is 0 Å². The number of aromatic nitrogens is 5. The fourth-order valence-electron chi connectivity index (χ4n) is 2.22. The van der Waals surface area contributed by atoms with Crippen LogP contribution in [0.4, 0.5) is 0 Å². The van der Waals surface area contributed by atoms with Crippen molar-refractivity contribution in [2.24, 2.45) is 0 Å². The van der Waals surface area contributed by atoms with Crippen LogP contribution in [-0.2, 0) is 0 Å². The lowest BCUT2D eigenvalue weighted by molar-refractivity contribution is 0.822. The third-order valence-electron chi connectivity index (χ3n) is 3.26. The first-order valence-electron chi connectivity index (χ1n) is 6.43. The van der Waals surface area contributed by atoms with Crippen LogP contribution in [0, 0.1) is 0 Å². The van der Waals surface area contributed by atoms with Crippen LogP contribution < -0.4 is 0 Å². The lowest BCUT2D eigenvalue weighted by atomic mass is 10.3. The number of benzene rings is 2. The highest BCUT2D eigenvalue weighted by molar-refractivity contribution is 9.10. The topological polar surface area (TPSA) is 48.5 Å². The summed E-state index contributed by atoms with van der Waals surface area (Å²) >= 11 is 3.43. The Kier molecular flexibility index (Phi) is 2.82. The van der Waals surface area contributed by atoms with Gasteiger partial charge in [-0.3, -0.25) is 0 Å². The number of hydrogen-bond acceptors (Lipinski definition) is 3. The standard InChI is InChI=1S/C15H10BrN5/c16-11-5-7-12(8-6-11)20-10-13(9-17-20)21-15-4-2-1-3-14(15)18-19-21/h1-10H. The van der Waals surface area contributed by atoms with Crippen molar-refractivity contribution in [2.45, 2.75) is 0 Å². The zero-order valence-electron chi connectivity index (χ0n) is 10.9. The van der Waals surface area contributed by atoms with E-state index in [1.807, 2.05) is 59.4 Å². The first-order valence-corrected chi connectivity index (χ1v) is 7.22. The molecule has 2 aromatic heterocycles. The van der Waals surface area contributed by atoms with E-state index < -0.39 is 0 Å². The number of para-hydroxylation sites is 1. The van der Waals surface area contributed by atoms with Gasteiger partial charge < -0.3 is 0 Å². The molecule has 0 atom stereocenters. The maximum atomic E-state index is 4.39. The van der Waals surface area contributed by atoms with Crippen LogP contribution in [0.5, 0.6) is 0 Å². The Labute approximate surface area is 128 Å². The van der Waals surface area contributed by atoms with E-state index in [4.69, 9.17) is 0 Å². The van der Waals surface area contributed by atoms with Gasteiger partial charge in [0.25, 0.3) is 0 Å². The highest BCUT2D eigenvalue weighted by atomic mass is 79.9. The van der Waals surface area contributed by atoms with Gasteiger partial charge in [0, 0.05) is 4.47 Å². The fraction of sp³-hybridized carbons (Fsp3) is 0. The SMILES string of the molecule is Brc1ccc(-n2cc(-n3nnc4ccccc43)cn2)cc1. The second-order valence-corrected chi connectivity index (χ2v) is 5.53. The van der Waals surface area contributed by atoms with E-state index in [1.165, 1.54) is 0 Å². The summed E-state index contributed by atoms with van der Waals surface area (Å²) in [5.41, 5.74) is 3.71. The quantitative estimate of drug-likeness (QED) is 0.562. The Bertz CT molecular complexity index is 907. The molecule has 0 fully saturated rings. The summed E-state index contributed by atoms with van der Waals surface area (Å²) in [6.45, 7) is 0. The van der Waals surface area contributed by atoms with E-state index in [1.54, 1.807) is 10.9 Å². The zero-order chi connectivity index (χ0) is 14.2. The number of rotatable bonds is 2. The summed E-state index contributed by atoms with van der Waals surface area (Å²) in [6, 6.07) is 15.8. The van der Waals surface area contributed by atoms with Crippen molar-refractivity contribution in [1.29, 1.82) is 0 Å². The highest BCUT2D eigenvalue weighted by Crippen LogP contribution is 2.18. The van der Waals surface area contributed by atoms with Gasteiger partial charge in [0.2, 0.25) is 0 Å². The molecule has 0 aliphatic rings. The summed E-state index contributed by atoms with van der Waals surface area (Å²) in [7, 11) is 0. The van der Waals surface area contributed by atoms with E-state index in [9.17, 15) is 0 Å². The molecule has 2 aromatic carbocycles. The van der Waals surface area contributed by atoms with E-state index in [0.29, 0.717) is 0 Å². The average Bonchev–Trinajstić information content (AvgIpc) is 3.14. The molecule has 0 spiro atoms. The molecule has 6 heteroatoms. The van der Waals surface area contributed by atoms with E-state index in [0.717, 1.165) is 26.9 Å². The Balaban J connectivity index is 1.79. The van der Waals surface area contributed by atoms with Crippen molar-refractivity contribution in [3.8, 4) is 11.4 Å². The van der Waals surface area contributed by atoms with Gasteiger partial charge >= 0.3 is 0 Å². The summed E-state index contributed by atoms with van der Waals surface area (Å²) in [6.07, 6.45) is 3.72. The average molecular weight is 340 g/mol. The van der Waals surface area contributed by atoms with Gasteiger partial charge in [0.1, 0.15) is 11.2 Å². The Morgan fingerprint density at radius 2 is 1.71 bits per heavy atom. The molecule has 0 aliphatic carbocycles. The number of fused-ring (bicyclic) bond motifs is 1. The number of halogens is 1. The lowest BCUT2D eigenvalue weighted by Crippen LogP contribution is -1.96. The maximum Gasteiger partial charge on any atom is 0.113 e. The molecule has 0 bridgehead atoms. The predicted molar refractivity (Wildman–Crippen MR) is 83.7 cm³/mol. The highest BCUT2D eigenvalue weighted by Gasteiger charge is 2.08. The van der Waals surface area contributed by atoms with Gasteiger partial charge in [-0.15, -0.1) is 5.10 Å². The normalized spacial score (nSPS) is 11.1. The monoisotopic (exact) mass is 339 g/mol. The zero-order valence-corrected chi connectivity index (χ0v) is 12.5. The van der Waals surface area contributed by atoms with Crippen LogP contribution in [0.2, 0.25) is 0 Å². The number of nitrogens with zero attached hydrogens (tertiary/aromatic N) is 5. The second kappa shape index (κ2) is 4.82. The second-order valence-electron chi connectivity index (χ2n) is 4.61. The van der Waals surface area contributed by atoms with Crippen molar-refractivity contribution in [3.63, 3.8) is 0 Å². The third kappa shape index (κ3) is 2.13. The molecule has 0 radical (unpaired) electrons. The van der Waals surface area contributed by atoms with Crippen LogP contribution in [0.15, 0.2) is 65.4 Å².